The Balaban J connectivity index is 1.97. The second kappa shape index (κ2) is 6.95. The van der Waals surface area contributed by atoms with E-state index in [-0.39, 0.29) is 0 Å². The molecule has 2 unspecified atom stereocenters. The molecule has 1 heterocycles. The van der Waals surface area contributed by atoms with E-state index >= 15 is 0 Å². The van der Waals surface area contributed by atoms with Crippen molar-refractivity contribution in [2.45, 2.75) is 52.6 Å². The van der Waals surface area contributed by atoms with Crippen LogP contribution < -0.4 is 10.2 Å². The second-order valence-electron chi connectivity index (χ2n) is 6.03. The van der Waals surface area contributed by atoms with E-state index < -0.39 is 0 Å². The Kier molecular flexibility index (Phi) is 5.26. The number of piperidine rings is 1. The van der Waals surface area contributed by atoms with E-state index in [9.17, 15) is 0 Å². The highest BCUT2D eigenvalue weighted by atomic mass is 15.2. The number of benzene rings is 1. The lowest BCUT2D eigenvalue weighted by molar-refractivity contribution is 0.390. The first-order valence-electron chi connectivity index (χ1n) is 7.77. The summed E-state index contributed by atoms with van der Waals surface area (Å²) in [6.45, 7) is 10.2. The highest BCUT2D eigenvalue weighted by molar-refractivity contribution is 5.49. The van der Waals surface area contributed by atoms with Crippen molar-refractivity contribution in [2.24, 2.45) is 5.92 Å². The molecule has 0 aliphatic carbocycles. The van der Waals surface area contributed by atoms with Crippen LogP contribution in [-0.2, 0) is 6.54 Å². The summed E-state index contributed by atoms with van der Waals surface area (Å²) in [4.78, 5) is 2.57. The van der Waals surface area contributed by atoms with Crippen LogP contribution >= 0.6 is 0 Å². The molecule has 106 valence electrons. The van der Waals surface area contributed by atoms with Gasteiger partial charge in [-0.05, 0) is 56.3 Å². The molecule has 1 aromatic carbocycles. The highest BCUT2D eigenvalue weighted by Gasteiger charge is 2.22. The zero-order chi connectivity index (χ0) is 13.7. The lowest BCUT2D eigenvalue weighted by Gasteiger charge is -2.38. The zero-order valence-corrected chi connectivity index (χ0v) is 12.7. The second-order valence-corrected chi connectivity index (χ2v) is 6.03. The predicted octanol–water partition coefficient (Wildman–Crippen LogP) is 3.81. The van der Waals surface area contributed by atoms with E-state index in [0.29, 0.717) is 6.04 Å². The molecule has 1 saturated heterocycles. The monoisotopic (exact) mass is 260 g/mol. The number of nitrogens with zero attached hydrogens (tertiary/aromatic N) is 1. The SMILES string of the molecule is CCCNCc1ccc(N2CC(C)CCC2C)cc1. The molecule has 0 spiro atoms. The van der Waals surface area contributed by atoms with Gasteiger partial charge in [0.25, 0.3) is 0 Å². The first-order valence-corrected chi connectivity index (χ1v) is 7.77. The molecular formula is C17H28N2. The van der Waals surface area contributed by atoms with Crippen LogP contribution in [0.5, 0.6) is 0 Å². The average molecular weight is 260 g/mol. The van der Waals surface area contributed by atoms with Crippen molar-refractivity contribution in [3.8, 4) is 0 Å². The molecule has 1 N–H and O–H groups in total. The Hall–Kier alpha value is -1.02. The minimum Gasteiger partial charge on any atom is -0.369 e. The molecule has 2 atom stereocenters. The van der Waals surface area contributed by atoms with Gasteiger partial charge in [0, 0.05) is 24.8 Å². The quantitative estimate of drug-likeness (QED) is 0.810. The van der Waals surface area contributed by atoms with Gasteiger partial charge in [-0.15, -0.1) is 0 Å². The van der Waals surface area contributed by atoms with Crippen LogP contribution in [0.1, 0.15) is 45.6 Å². The molecule has 0 aromatic heterocycles. The van der Waals surface area contributed by atoms with E-state index in [2.05, 4.69) is 55.3 Å². The first-order chi connectivity index (χ1) is 9.20. The van der Waals surface area contributed by atoms with Gasteiger partial charge >= 0.3 is 0 Å². The molecule has 0 bridgehead atoms. The molecule has 1 fully saturated rings. The van der Waals surface area contributed by atoms with Crippen LogP contribution in [0.2, 0.25) is 0 Å². The molecule has 0 radical (unpaired) electrons. The fourth-order valence-electron chi connectivity index (χ4n) is 2.86. The van der Waals surface area contributed by atoms with Gasteiger partial charge in [-0.2, -0.15) is 0 Å². The van der Waals surface area contributed by atoms with Crippen molar-refractivity contribution in [1.29, 1.82) is 0 Å². The number of anilines is 1. The third kappa shape index (κ3) is 3.97. The van der Waals surface area contributed by atoms with Gasteiger partial charge in [0.1, 0.15) is 0 Å². The summed E-state index contributed by atoms with van der Waals surface area (Å²) < 4.78 is 0. The third-order valence-corrected chi connectivity index (χ3v) is 4.14. The summed E-state index contributed by atoms with van der Waals surface area (Å²) in [6.07, 6.45) is 3.89. The first kappa shape index (κ1) is 14.4. The van der Waals surface area contributed by atoms with Gasteiger partial charge in [0.05, 0.1) is 0 Å². The lowest BCUT2D eigenvalue weighted by atomic mass is 9.94. The fourth-order valence-corrected chi connectivity index (χ4v) is 2.86. The number of rotatable bonds is 5. The van der Waals surface area contributed by atoms with Crippen molar-refractivity contribution in [1.82, 2.24) is 5.32 Å². The Bertz CT molecular complexity index is 371. The molecular weight excluding hydrogens is 232 g/mol. The van der Waals surface area contributed by atoms with Crippen molar-refractivity contribution in [3.63, 3.8) is 0 Å². The Morgan fingerprint density at radius 1 is 1.16 bits per heavy atom. The van der Waals surface area contributed by atoms with Crippen molar-refractivity contribution >= 4 is 5.69 Å². The maximum absolute atomic E-state index is 3.45. The number of hydrogen-bond donors (Lipinski definition) is 1. The Morgan fingerprint density at radius 2 is 1.89 bits per heavy atom. The lowest BCUT2D eigenvalue weighted by Crippen LogP contribution is -2.41. The minimum atomic E-state index is 0.681. The van der Waals surface area contributed by atoms with Crippen LogP contribution in [0.3, 0.4) is 0 Å². The number of nitrogens with one attached hydrogen (secondary N) is 1. The van der Waals surface area contributed by atoms with Crippen molar-refractivity contribution in [2.75, 3.05) is 18.0 Å². The van der Waals surface area contributed by atoms with E-state index in [0.717, 1.165) is 19.0 Å². The molecule has 0 saturated carbocycles. The van der Waals surface area contributed by atoms with Crippen LogP contribution in [0.25, 0.3) is 0 Å². The molecule has 2 heteroatoms. The molecule has 2 rings (SSSR count). The van der Waals surface area contributed by atoms with E-state index in [4.69, 9.17) is 0 Å². The molecule has 1 aliphatic heterocycles. The van der Waals surface area contributed by atoms with Gasteiger partial charge in [-0.1, -0.05) is 26.0 Å². The molecule has 0 amide bonds. The summed E-state index contributed by atoms with van der Waals surface area (Å²) in [7, 11) is 0. The summed E-state index contributed by atoms with van der Waals surface area (Å²) in [5.74, 6) is 0.821. The van der Waals surface area contributed by atoms with Crippen LogP contribution in [0, 0.1) is 5.92 Å². The topological polar surface area (TPSA) is 15.3 Å². The Morgan fingerprint density at radius 3 is 2.58 bits per heavy atom. The third-order valence-electron chi connectivity index (χ3n) is 4.14. The highest BCUT2D eigenvalue weighted by Crippen LogP contribution is 2.27. The van der Waals surface area contributed by atoms with Gasteiger partial charge in [0.2, 0.25) is 0 Å². The normalized spacial score (nSPS) is 23.6. The van der Waals surface area contributed by atoms with E-state index in [1.807, 2.05) is 0 Å². The standard InChI is InChI=1S/C17H28N2/c1-4-11-18-12-16-7-9-17(10-8-16)19-13-14(2)5-6-15(19)3/h7-10,14-15,18H,4-6,11-13H2,1-3H3. The van der Waals surface area contributed by atoms with Crippen molar-refractivity contribution in [3.05, 3.63) is 29.8 Å². The maximum atomic E-state index is 3.45. The molecule has 2 nitrogen and oxygen atoms in total. The van der Waals surface area contributed by atoms with Crippen molar-refractivity contribution < 1.29 is 0 Å². The smallest absolute Gasteiger partial charge is 0.0368 e. The summed E-state index contributed by atoms with van der Waals surface area (Å²) in [5, 5.41) is 3.45. The zero-order valence-electron chi connectivity index (χ0n) is 12.7. The summed E-state index contributed by atoms with van der Waals surface area (Å²) in [5.41, 5.74) is 2.77. The van der Waals surface area contributed by atoms with Crippen LogP contribution in [0.4, 0.5) is 5.69 Å². The fraction of sp³-hybridized carbons (Fsp3) is 0.647. The average Bonchev–Trinajstić information content (AvgIpc) is 2.43. The van der Waals surface area contributed by atoms with E-state index in [1.165, 1.54) is 37.1 Å². The van der Waals surface area contributed by atoms with E-state index in [1.54, 1.807) is 0 Å². The molecule has 19 heavy (non-hydrogen) atoms. The summed E-state index contributed by atoms with van der Waals surface area (Å²) >= 11 is 0. The molecule has 1 aliphatic rings. The van der Waals surface area contributed by atoms with Gasteiger partial charge in [0.15, 0.2) is 0 Å². The summed E-state index contributed by atoms with van der Waals surface area (Å²) in [6, 6.07) is 9.79. The predicted molar refractivity (Wildman–Crippen MR) is 83.6 cm³/mol. The largest absolute Gasteiger partial charge is 0.369 e. The number of hydrogen-bond acceptors (Lipinski definition) is 2. The van der Waals surface area contributed by atoms with Crippen LogP contribution in [0.15, 0.2) is 24.3 Å². The molecule has 1 aromatic rings. The van der Waals surface area contributed by atoms with Crippen LogP contribution in [-0.4, -0.2) is 19.1 Å². The maximum Gasteiger partial charge on any atom is 0.0368 e. The minimum absolute atomic E-state index is 0.681. The Labute approximate surface area is 118 Å². The van der Waals surface area contributed by atoms with Gasteiger partial charge in [-0.3, -0.25) is 0 Å². The van der Waals surface area contributed by atoms with Gasteiger partial charge < -0.3 is 10.2 Å². The van der Waals surface area contributed by atoms with Gasteiger partial charge in [-0.25, -0.2) is 0 Å².